The molecule has 0 aromatic heterocycles. The van der Waals surface area contributed by atoms with Crippen molar-refractivity contribution < 1.29 is 5.11 Å². The Balaban J connectivity index is 1.98. The highest BCUT2D eigenvalue weighted by molar-refractivity contribution is 5.26. The molecule has 90 valence electrons. The lowest BCUT2D eigenvalue weighted by Crippen LogP contribution is -2.38. The SMILES string of the molecule is C=C1[C@@H]2C[C@@H](CO)C[C@]23CC[C@@H](C3)C1(C)C. The highest BCUT2D eigenvalue weighted by Gasteiger charge is 2.59. The van der Waals surface area contributed by atoms with Gasteiger partial charge in [-0.3, -0.25) is 0 Å². The monoisotopic (exact) mass is 220 g/mol. The molecule has 16 heavy (non-hydrogen) atoms. The van der Waals surface area contributed by atoms with Gasteiger partial charge in [-0.05, 0) is 60.7 Å². The molecule has 0 aromatic carbocycles. The molecule has 0 unspecified atom stereocenters. The third kappa shape index (κ3) is 1.16. The molecule has 3 aliphatic carbocycles. The standard InChI is InChI=1S/C15H24O/c1-10-13-6-11(9-16)7-15(13)5-4-12(8-15)14(10,2)3/h11-13,16H,1,4-9H2,2-3H3/t11-,12+,13+,15+/m1/s1. The fourth-order valence-corrected chi connectivity index (χ4v) is 5.02. The average Bonchev–Trinajstić information content (AvgIpc) is 2.81. The molecule has 3 saturated carbocycles. The van der Waals surface area contributed by atoms with Crippen molar-refractivity contribution in [3.05, 3.63) is 12.2 Å². The molecule has 1 spiro atoms. The van der Waals surface area contributed by atoms with Gasteiger partial charge < -0.3 is 5.11 Å². The fourth-order valence-electron chi connectivity index (χ4n) is 5.02. The number of hydrogen-bond donors (Lipinski definition) is 1. The van der Waals surface area contributed by atoms with Gasteiger partial charge in [-0.15, -0.1) is 0 Å². The number of fused-ring (bicyclic) bond motifs is 1. The van der Waals surface area contributed by atoms with E-state index in [-0.39, 0.29) is 0 Å². The van der Waals surface area contributed by atoms with Crippen LogP contribution in [0.15, 0.2) is 12.2 Å². The van der Waals surface area contributed by atoms with Crippen molar-refractivity contribution in [1.82, 2.24) is 0 Å². The lowest BCUT2D eigenvalue weighted by atomic mass is 9.58. The average molecular weight is 220 g/mol. The number of aliphatic hydroxyl groups is 1. The Kier molecular flexibility index (Phi) is 2.12. The van der Waals surface area contributed by atoms with Crippen LogP contribution in [0.25, 0.3) is 0 Å². The molecular weight excluding hydrogens is 196 g/mol. The summed E-state index contributed by atoms with van der Waals surface area (Å²) in [6.07, 6.45) is 6.65. The van der Waals surface area contributed by atoms with Gasteiger partial charge in [-0.25, -0.2) is 0 Å². The minimum absolute atomic E-state index is 0.342. The van der Waals surface area contributed by atoms with E-state index in [1.807, 2.05) is 0 Å². The molecule has 0 saturated heterocycles. The Bertz CT molecular complexity index is 330. The predicted molar refractivity (Wildman–Crippen MR) is 66.0 cm³/mol. The van der Waals surface area contributed by atoms with Crippen LogP contribution >= 0.6 is 0 Å². The Morgan fingerprint density at radius 2 is 2.12 bits per heavy atom. The minimum Gasteiger partial charge on any atom is -0.396 e. The van der Waals surface area contributed by atoms with E-state index in [2.05, 4.69) is 20.4 Å². The molecule has 3 aliphatic rings. The largest absolute Gasteiger partial charge is 0.396 e. The zero-order chi connectivity index (χ0) is 11.6. The Hall–Kier alpha value is -0.300. The first kappa shape index (κ1) is 10.8. The second-order valence-electron chi connectivity index (χ2n) is 7.09. The molecule has 0 aromatic rings. The molecule has 0 heterocycles. The molecule has 0 amide bonds. The van der Waals surface area contributed by atoms with Crippen LogP contribution in [0.5, 0.6) is 0 Å². The summed E-state index contributed by atoms with van der Waals surface area (Å²) in [6, 6.07) is 0. The molecule has 1 nitrogen and oxygen atoms in total. The van der Waals surface area contributed by atoms with Crippen LogP contribution in [0, 0.1) is 28.6 Å². The maximum atomic E-state index is 9.42. The molecule has 0 radical (unpaired) electrons. The molecule has 3 fully saturated rings. The zero-order valence-corrected chi connectivity index (χ0v) is 10.6. The third-order valence-corrected chi connectivity index (χ3v) is 6.17. The number of allylic oxidation sites excluding steroid dienone is 1. The Morgan fingerprint density at radius 3 is 2.81 bits per heavy atom. The maximum absolute atomic E-state index is 9.42. The highest BCUT2D eigenvalue weighted by atomic mass is 16.3. The van der Waals surface area contributed by atoms with Crippen LogP contribution in [-0.2, 0) is 0 Å². The molecular formula is C15H24O. The molecule has 0 aliphatic heterocycles. The van der Waals surface area contributed by atoms with E-state index in [0.29, 0.717) is 29.3 Å². The first-order valence-electron chi connectivity index (χ1n) is 6.80. The summed E-state index contributed by atoms with van der Waals surface area (Å²) >= 11 is 0. The summed E-state index contributed by atoms with van der Waals surface area (Å²) in [5, 5.41) is 9.42. The quantitative estimate of drug-likeness (QED) is 0.672. The minimum atomic E-state index is 0.342. The molecule has 4 atom stereocenters. The predicted octanol–water partition coefficient (Wildman–Crippen LogP) is 3.39. The smallest absolute Gasteiger partial charge is 0.0459 e. The third-order valence-electron chi connectivity index (χ3n) is 6.17. The first-order chi connectivity index (χ1) is 7.49. The first-order valence-corrected chi connectivity index (χ1v) is 6.80. The molecule has 3 rings (SSSR count). The topological polar surface area (TPSA) is 20.2 Å². The van der Waals surface area contributed by atoms with E-state index in [0.717, 1.165) is 5.92 Å². The maximum Gasteiger partial charge on any atom is 0.0459 e. The molecule has 1 N–H and O–H groups in total. The summed E-state index contributed by atoms with van der Waals surface area (Å²) in [5.74, 6) is 2.11. The van der Waals surface area contributed by atoms with Crippen molar-refractivity contribution in [1.29, 1.82) is 0 Å². The molecule has 1 heteroatoms. The normalized spacial score (nSPS) is 49.4. The lowest BCUT2D eigenvalue weighted by molar-refractivity contribution is 0.118. The van der Waals surface area contributed by atoms with Crippen molar-refractivity contribution in [3.63, 3.8) is 0 Å². The number of rotatable bonds is 1. The summed E-state index contributed by atoms with van der Waals surface area (Å²) in [7, 11) is 0. The fraction of sp³-hybridized carbons (Fsp3) is 0.867. The van der Waals surface area contributed by atoms with Gasteiger partial charge in [-0.1, -0.05) is 26.0 Å². The van der Waals surface area contributed by atoms with Crippen LogP contribution in [0.3, 0.4) is 0 Å². The highest BCUT2D eigenvalue weighted by Crippen LogP contribution is 2.69. The van der Waals surface area contributed by atoms with E-state index >= 15 is 0 Å². The Morgan fingerprint density at radius 1 is 1.38 bits per heavy atom. The van der Waals surface area contributed by atoms with Gasteiger partial charge in [0.15, 0.2) is 0 Å². The summed E-state index contributed by atoms with van der Waals surface area (Å²) in [4.78, 5) is 0. The van der Waals surface area contributed by atoms with Gasteiger partial charge in [0.2, 0.25) is 0 Å². The van der Waals surface area contributed by atoms with Crippen molar-refractivity contribution in [2.75, 3.05) is 6.61 Å². The van der Waals surface area contributed by atoms with Gasteiger partial charge in [0, 0.05) is 6.61 Å². The van der Waals surface area contributed by atoms with Gasteiger partial charge in [0.05, 0.1) is 0 Å². The zero-order valence-electron chi connectivity index (χ0n) is 10.6. The summed E-state index contributed by atoms with van der Waals surface area (Å²) in [6.45, 7) is 9.60. The second kappa shape index (κ2) is 3.13. The van der Waals surface area contributed by atoms with Crippen LogP contribution < -0.4 is 0 Å². The van der Waals surface area contributed by atoms with Crippen LogP contribution in [-0.4, -0.2) is 11.7 Å². The van der Waals surface area contributed by atoms with E-state index in [4.69, 9.17) is 0 Å². The Labute approximate surface area is 98.9 Å². The lowest BCUT2D eigenvalue weighted by Gasteiger charge is -2.47. The summed E-state index contributed by atoms with van der Waals surface area (Å²) < 4.78 is 0. The van der Waals surface area contributed by atoms with Gasteiger partial charge in [0.1, 0.15) is 0 Å². The second-order valence-corrected chi connectivity index (χ2v) is 7.09. The van der Waals surface area contributed by atoms with Gasteiger partial charge in [0.25, 0.3) is 0 Å². The van der Waals surface area contributed by atoms with Crippen molar-refractivity contribution in [2.24, 2.45) is 28.6 Å². The van der Waals surface area contributed by atoms with Crippen LogP contribution in [0.2, 0.25) is 0 Å². The van der Waals surface area contributed by atoms with Crippen molar-refractivity contribution in [3.8, 4) is 0 Å². The number of aliphatic hydroxyl groups excluding tert-OH is 1. The molecule has 2 bridgehead atoms. The van der Waals surface area contributed by atoms with Crippen LogP contribution in [0.4, 0.5) is 0 Å². The number of hydrogen-bond acceptors (Lipinski definition) is 1. The van der Waals surface area contributed by atoms with E-state index in [1.165, 1.54) is 37.7 Å². The summed E-state index contributed by atoms with van der Waals surface area (Å²) in [5.41, 5.74) is 2.39. The van der Waals surface area contributed by atoms with Crippen LogP contribution in [0.1, 0.15) is 46.0 Å². The van der Waals surface area contributed by atoms with Crippen molar-refractivity contribution >= 4 is 0 Å². The van der Waals surface area contributed by atoms with Gasteiger partial charge in [-0.2, -0.15) is 0 Å². The van der Waals surface area contributed by atoms with Crippen molar-refractivity contribution in [2.45, 2.75) is 46.0 Å². The van der Waals surface area contributed by atoms with E-state index in [1.54, 1.807) is 0 Å². The van der Waals surface area contributed by atoms with E-state index in [9.17, 15) is 5.11 Å². The van der Waals surface area contributed by atoms with E-state index < -0.39 is 0 Å². The van der Waals surface area contributed by atoms with Gasteiger partial charge >= 0.3 is 0 Å².